The van der Waals surface area contributed by atoms with Crippen LogP contribution in [-0.2, 0) is 19.1 Å². The zero-order valence-corrected chi connectivity index (χ0v) is 23.8. The number of carbonyl (C=O) groups is 2. The molecule has 0 radical (unpaired) electrons. The van der Waals surface area contributed by atoms with Crippen molar-refractivity contribution in [1.29, 1.82) is 0 Å². The fraction of sp³-hybridized carbons (Fsp3) is 0.933. The van der Waals surface area contributed by atoms with E-state index in [-0.39, 0.29) is 24.8 Å². The van der Waals surface area contributed by atoms with Gasteiger partial charge in [-0.1, -0.05) is 119 Å². The van der Waals surface area contributed by atoms with E-state index >= 15 is 0 Å². The predicted octanol–water partition coefficient (Wildman–Crippen LogP) is 9.19. The summed E-state index contributed by atoms with van der Waals surface area (Å²) in [7, 11) is 0. The molecule has 0 saturated carbocycles. The lowest BCUT2D eigenvalue weighted by Crippen LogP contribution is -2.11. The molecule has 0 spiro atoms. The minimum absolute atomic E-state index is 0.126. The van der Waals surface area contributed by atoms with E-state index in [9.17, 15) is 9.59 Å². The number of esters is 2. The third-order valence-electron chi connectivity index (χ3n) is 6.20. The van der Waals surface area contributed by atoms with Gasteiger partial charge in [0.1, 0.15) is 0 Å². The van der Waals surface area contributed by atoms with Crippen LogP contribution in [0.25, 0.3) is 0 Å². The average Bonchev–Trinajstić information content (AvgIpc) is 2.73. The lowest BCUT2D eigenvalue weighted by Gasteiger charge is -2.17. The molecule has 0 aromatic heterocycles. The zero-order chi connectivity index (χ0) is 25.7. The van der Waals surface area contributed by atoms with Crippen LogP contribution in [0.15, 0.2) is 0 Å². The first-order chi connectivity index (χ1) is 16.0. The molecule has 0 aliphatic carbocycles. The van der Waals surface area contributed by atoms with Crippen molar-refractivity contribution in [2.45, 2.75) is 157 Å². The van der Waals surface area contributed by atoms with Gasteiger partial charge in [-0.15, -0.1) is 0 Å². The molecule has 0 heterocycles. The van der Waals surface area contributed by atoms with Crippen LogP contribution in [0, 0.1) is 10.8 Å². The van der Waals surface area contributed by atoms with Gasteiger partial charge in [0, 0.05) is 0 Å². The molecule has 0 aliphatic rings. The van der Waals surface area contributed by atoms with Gasteiger partial charge < -0.3 is 9.47 Å². The van der Waals surface area contributed by atoms with Gasteiger partial charge >= 0.3 is 11.9 Å². The highest BCUT2D eigenvalue weighted by Gasteiger charge is 2.10. The summed E-state index contributed by atoms with van der Waals surface area (Å²) in [4.78, 5) is 23.6. The molecule has 0 saturated heterocycles. The molecule has 0 amide bonds. The fourth-order valence-corrected chi connectivity index (χ4v) is 4.00. The summed E-state index contributed by atoms with van der Waals surface area (Å²) < 4.78 is 10.5. The Morgan fingerprint density at radius 1 is 0.441 bits per heavy atom. The Labute approximate surface area is 212 Å². The third-order valence-corrected chi connectivity index (χ3v) is 6.20. The van der Waals surface area contributed by atoms with E-state index in [0.717, 1.165) is 25.7 Å². The van der Waals surface area contributed by atoms with Crippen LogP contribution in [0.2, 0.25) is 0 Å². The Balaban J connectivity index is 3.38. The number of unbranched alkanes of at least 4 members (excludes halogenated alkanes) is 12. The van der Waals surface area contributed by atoms with Gasteiger partial charge in [0.2, 0.25) is 0 Å². The molecule has 0 rings (SSSR count). The first-order valence-electron chi connectivity index (χ1n) is 14.3. The van der Waals surface area contributed by atoms with Crippen LogP contribution in [0.1, 0.15) is 157 Å². The Bertz CT molecular complexity index is 453. The topological polar surface area (TPSA) is 52.6 Å². The summed E-state index contributed by atoms with van der Waals surface area (Å²) in [5.41, 5.74) is 0.901. The number of ether oxygens (including phenoxy) is 2. The zero-order valence-electron chi connectivity index (χ0n) is 23.8. The maximum Gasteiger partial charge on any atom is 0.306 e. The lowest BCUT2D eigenvalue weighted by molar-refractivity contribution is -0.150. The average molecular weight is 483 g/mol. The van der Waals surface area contributed by atoms with E-state index in [1.807, 2.05) is 0 Å². The lowest BCUT2D eigenvalue weighted by atomic mass is 9.89. The Morgan fingerprint density at radius 3 is 1.00 bits per heavy atom. The summed E-state index contributed by atoms with van der Waals surface area (Å²) in [5.74, 6) is -0.573. The smallest absolute Gasteiger partial charge is 0.306 e. The molecule has 0 aromatic carbocycles. The van der Waals surface area contributed by atoms with Crippen LogP contribution in [-0.4, -0.2) is 25.2 Å². The summed E-state index contributed by atoms with van der Waals surface area (Å²) in [6.45, 7) is 14.7. The van der Waals surface area contributed by atoms with Gasteiger partial charge in [-0.3, -0.25) is 9.59 Å². The van der Waals surface area contributed by atoms with E-state index in [4.69, 9.17) is 9.47 Å². The van der Waals surface area contributed by atoms with Crippen LogP contribution in [0.5, 0.6) is 0 Å². The van der Waals surface area contributed by atoms with Crippen molar-refractivity contribution in [1.82, 2.24) is 0 Å². The Morgan fingerprint density at radius 2 is 0.706 bits per heavy atom. The molecule has 0 atom stereocenters. The van der Waals surface area contributed by atoms with E-state index in [1.165, 1.54) is 77.0 Å². The fourth-order valence-electron chi connectivity index (χ4n) is 4.00. The van der Waals surface area contributed by atoms with Crippen LogP contribution >= 0.6 is 0 Å². The molecular formula is C30H58O4. The molecule has 4 nitrogen and oxygen atoms in total. The Hall–Kier alpha value is -1.06. The molecule has 0 aromatic rings. The maximum atomic E-state index is 11.8. The second-order valence-corrected chi connectivity index (χ2v) is 12.5. The molecule has 4 heteroatoms. The maximum absolute atomic E-state index is 11.8. The molecule has 0 unspecified atom stereocenters. The van der Waals surface area contributed by atoms with Crippen molar-refractivity contribution in [2.24, 2.45) is 10.8 Å². The van der Waals surface area contributed by atoms with E-state index in [0.29, 0.717) is 24.0 Å². The predicted molar refractivity (Wildman–Crippen MR) is 144 cm³/mol. The van der Waals surface area contributed by atoms with Gasteiger partial charge in [-0.25, -0.2) is 0 Å². The van der Waals surface area contributed by atoms with Gasteiger partial charge in [0.15, 0.2) is 0 Å². The van der Waals surface area contributed by atoms with Gasteiger partial charge in [0.05, 0.1) is 26.1 Å². The van der Waals surface area contributed by atoms with Crippen molar-refractivity contribution in [2.75, 3.05) is 13.2 Å². The molecule has 0 bridgehead atoms. The third kappa shape index (κ3) is 27.2. The monoisotopic (exact) mass is 482 g/mol. The molecule has 0 fully saturated rings. The summed E-state index contributed by atoms with van der Waals surface area (Å²) >= 11 is 0. The highest BCUT2D eigenvalue weighted by molar-refractivity contribution is 5.77. The van der Waals surface area contributed by atoms with Crippen LogP contribution in [0.3, 0.4) is 0 Å². The van der Waals surface area contributed by atoms with Gasteiger partial charge in [-0.2, -0.15) is 0 Å². The van der Waals surface area contributed by atoms with Crippen molar-refractivity contribution in [3.63, 3.8) is 0 Å². The SMILES string of the molecule is CC(C)(C)CCCCCCCCCOC(=O)CCC(=O)OCCCCCCCCCC(C)(C)C. The highest BCUT2D eigenvalue weighted by atomic mass is 16.5. The van der Waals surface area contributed by atoms with Crippen molar-refractivity contribution in [3.05, 3.63) is 0 Å². The first-order valence-corrected chi connectivity index (χ1v) is 14.3. The van der Waals surface area contributed by atoms with Crippen molar-refractivity contribution < 1.29 is 19.1 Å². The minimum Gasteiger partial charge on any atom is -0.466 e. The molecule has 34 heavy (non-hydrogen) atoms. The van der Waals surface area contributed by atoms with Crippen molar-refractivity contribution >= 4 is 11.9 Å². The standard InChI is InChI=1S/C30H58O4/c1-29(2,3)23-17-13-9-7-11-15-19-25-33-27(31)21-22-28(32)34-26-20-16-12-8-10-14-18-24-30(4,5)6/h7-26H2,1-6H3. The molecular weight excluding hydrogens is 424 g/mol. The number of hydrogen-bond donors (Lipinski definition) is 0. The molecule has 0 aliphatic heterocycles. The van der Waals surface area contributed by atoms with E-state index in [1.54, 1.807) is 0 Å². The number of hydrogen-bond acceptors (Lipinski definition) is 4. The highest BCUT2D eigenvalue weighted by Crippen LogP contribution is 2.23. The minimum atomic E-state index is -0.286. The normalized spacial score (nSPS) is 12.1. The Kier molecular flexibility index (Phi) is 19.5. The summed E-state index contributed by atoms with van der Waals surface area (Å²) in [6, 6.07) is 0. The first kappa shape index (κ1) is 32.9. The van der Waals surface area contributed by atoms with Crippen molar-refractivity contribution in [3.8, 4) is 0 Å². The second-order valence-electron chi connectivity index (χ2n) is 12.5. The quantitative estimate of drug-likeness (QED) is 0.121. The van der Waals surface area contributed by atoms with Gasteiger partial charge in [0.25, 0.3) is 0 Å². The molecule has 0 N–H and O–H groups in total. The van der Waals surface area contributed by atoms with Crippen LogP contribution in [0.4, 0.5) is 0 Å². The second kappa shape index (κ2) is 20.2. The largest absolute Gasteiger partial charge is 0.466 e. The number of rotatable bonds is 21. The van der Waals surface area contributed by atoms with Gasteiger partial charge in [-0.05, 0) is 36.5 Å². The van der Waals surface area contributed by atoms with E-state index < -0.39 is 0 Å². The summed E-state index contributed by atoms with van der Waals surface area (Å²) in [5, 5.41) is 0. The van der Waals surface area contributed by atoms with E-state index in [2.05, 4.69) is 41.5 Å². The number of carbonyl (C=O) groups excluding carboxylic acids is 2. The molecule has 202 valence electrons. The van der Waals surface area contributed by atoms with Crippen LogP contribution < -0.4 is 0 Å². The summed E-state index contributed by atoms with van der Waals surface area (Å²) in [6.07, 6.45) is 19.7.